The Morgan fingerprint density at radius 2 is 1.93 bits per heavy atom. The maximum absolute atomic E-state index is 12.3. The summed E-state index contributed by atoms with van der Waals surface area (Å²) in [5.74, 6) is 1.12. The van der Waals surface area contributed by atoms with Crippen LogP contribution in [0.25, 0.3) is 4.96 Å². The molecule has 0 atom stereocenters. The van der Waals surface area contributed by atoms with Crippen molar-refractivity contribution in [3.05, 3.63) is 35.1 Å². The number of hydrogen-bond donors (Lipinski definition) is 1. The van der Waals surface area contributed by atoms with Crippen LogP contribution in [0.2, 0.25) is 0 Å². The number of aromatic nitrogens is 4. The second-order valence-electron chi connectivity index (χ2n) is 7.19. The number of amides is 1. The molecular formula is C19H24N6OS. The monoisotopic (exact) mass is 384 g/mol. The number of anilines is 2. The summed E-state index contributed by atoms with van der Waals surface area (Å²) in [7, 11) is 0. The summed E-state index contributed by atoms with van der Waals surface area (Å²) in [6.07, 6.45) is 3.52. The molecule has 27 heavy (non-hydrogen) atoms. The summed E-state index contributed by atoms with van der Waals surface area (Å²) in [5.41, 5.74) is 2.06. The van der Waals surface area contributed by atoms with Gasteiger partial charge in [0.15, 0.2) is 5.82 Å². The molecule has 0 unspecified atom stereocenters. The third kappa shape index (κ3) is 3.95. The van der Waals surface area contributed by atoms with Crippen molar-refractivity contribution in [1.29, 1.82) is 0 Å². The van der Waals surface area contributed by atoms with E-state index < -0.39 is 0 Å². The summed E-state index contributed by atoms with van der Waals surface area (Å²) < 4.78 is 1.79. The molecule has 1 amide bonds. The van der Waals surface area contributed by atoms with Crippen LogP contribution in [-0.4, -0.2) is 38.8 Å². The number of aryl methyl sites for hydroxylation is 1. The number of fused-ring (bicyclic) bond motifs is 1. The molecule has 0 saturated carbocycles. The molecule has 1 aliphatic rings. The van der Waals surface area contributed by atoms with Crippen molar-refractivity contribution in [2.45, 2.75) is 45.4 Å². The van der Waals surface area contributed by atoms with Gasteiger partial charge in [0.05, 0.1) is 0 Å². The van der Waals surface area contributed by atoms with E-state index in [0.717, 1.165) is 34.6 Å². The van der Waals surface area contributed by atoms with E-state index in [0.29, 0.717) is 12.8 Å². The van der Waals surface area contributed by atoms with Gasteiger partial charge >= 0.3 is 0 Å². The predicted molar refractivity (Wildman–Crippen MR) is 108 cm³/mol. The van der Waals surface area contributed by atoms with Crippen LogP contribution in [0.5, 0.6) is 0 Å². The predicted octanol–water partition coefficient (Wildman–Crippen LogP) is 3.48. The van der Waals surface area contributed by atoms with E-state index >= 15 is 0 Å². The minimum absolute atomic E-state index is 0.000953. The molecule has 1 saturated heterocycles. The van der Waals surface area contributed by atoms with Gasteiger partial charge in [0.2, 0.25) is 10.9 Å². The Balaban J connectivity index is 1.33. The maximum Gasteiger partial charge on any atom is 0.234 e. The Bertz CT molecular complexity index is 923. The van der Waals surface area contributed by atoms with Gasteiger partial charge < -0.3 is 10.2 Å². The third-order valence-electron chi connectivity index (χ3n) is 4.76. The lowest BCUT2D eigenvalue weighted by molar-refractivity contribution is -0.116. The quantitative estimate of drug-likeness (QED) is 0.704. The highest BCUT2D eigenvalue weighted by molar-refractivity contribution is 7.16. The Labute approximate surface area is 162 Å². The third-order valence-corrected chi connectivity index (χ3v) is 5.72. The summed E-state index contributed by atoms with van der Waals surface area (Å²) in [4.78, 5) is 15.4. The molecule has 4 rings (SSSR count). The van der Waals surface area contributed by atoms with Crippen molar-refractivity contribution in [2.75, 3.05) is 23.3 Å². The summed E-state index contributed by atoms with van der Waals surface area (Å²) >= 11 is 1.49. The molecule has 1 N–H and O–H groups in total. The molecule has 7 nitrogen and oxygen atoms in total. The molecule has 142 valence electrons. The van der Waals surface area contributed by atoms with Crippen LogP contribution in [0.3, 0.4) is 0 Å². The zero-order valence-corrected chi connectivity index (χ0v) is 16.5. The Morgan fingerprint density at radius 1 is 1.19 bits per heavy atom. The van der Waals surface area contributed by atoms with Crippen molar-refractivity contribution in [3.8, 4) is 0 Å². The number of rotatable bonds is 6. The highest BCUT2D eigenvalue weighted by Crippen LogP contribution is 2.23. The van der Waals surface area contributed by atoms with E-state index in [2.05, 4.69) is 51.5 Å². The molecule has 3 aromatic rings. The molecule has 0 bridgehead atoms. The fourth-order valence-electron chi connectivity index (χ4n) is 3.31. The topological polar surface area (TPSA) is 75.4 Å². The maximum atomic E-state index is 12.3. The number of carbonyl (C=O) groups excluding carboxylic acids is 1. The van der Waals surface area contributed by atoms with E-state index in [9.17, 15) is 4.79 Å². The van der Waals surface area contributed by atoms with Gasteiger partial charge in [-0.25, -0.2) is 0 Å². The zero-order valence-electron chi connectivity index (χ0n) is 15.7. The van der Waals surface area contributed by atoms with Gasteiger partial charge in [0.25, 0.3) is 0 Å². The Morgan fingerprint density at radius 3 is 2.63 bits per heavy atom. The molecule has 1 aliphatic heterocycles. The van der Waals surface area contributed by atoms with E-state index in [1.165, 1.54) is 29.9 Å². The average molecular weight is 385 g/mol. The van der Waals surface area contributed by atoms with Crippen LogP contribution in [-0.2, 0) is 11.2 Å². The lowest BCUT2D eigenvalue weighted by Crippen LogP contribution is -2.17. The molecule has 0 radical (unpaired) electrons. The standard InChI is InChI=1S/C19H24N6OS/c1-13(2)18-21-22-19-25(18)23-17(27-19)10-9-16(26)20-14-5-7-15(8-6-14)24-11-3-4-12-24/h5-8,13H,3-4,9-12H2,1-2H3,(H,20,26). The van der Waals surface area contributed by atoms with Crippen LogP contribution in [0.1, 0.15) is 49.9 Å². The van der Waals surface area contributed by atoms with Crippen molar-refractivity contribution in [2.24, 2.45) is 0 Å². The van der Waals surface area contributed by atoms with E-state index in [1.54, 1.807) is 4.52 Å². The number of nitrogens with zero attached hydrogens (tertiary/aromatic N) is 5. The van der Waals surface area contributed by atoms with Gasteiger partial charge in [-0.1, -0.05) is 25.2 Å². The first-order valence-electron chi connectivity index (χ1n) is 9.46. The lowest BCUT2D eigenvalue weighted by atomic mass is 10.2. The minimum atomic E-state index is -0.000953. The summed E-state index contributed by atoms with van der Waals surface area (Å²) in [5, 5.41) is 16.8. The minimum Gasteiger partial charge on any atom is -0.372 e. The SMILES string of the molecule is CC(C)c1nnc2sc(CCC(=O)Nc3ccc(N4CCCC4)cc3)nn12. The Kier molecular flexibility index (Phi) is 5.07. The van der Waals surface area contributed by atoms with Gasteiger partial charge in [0.1, 0.15) is 5.01 Å². The Hall–Kier alpha value is -2.48. The zero-order chi connectivity index (χ0) is 18.8. The molecule has 3 heterocycles. The summed E-state index contributed by atoms with van der Waals surface area (Å²) in [6, 6.07) is 8.11. The molecule has 2 aromatic heterocycles. The summed E-state index contributed by atoms with van der Waals surface area (Å²) in [6.45, 7) is 6.38. The van der Waals surface area contributed by atoms with Gasteiger partial charge in [-0.15, -0.1) is 10.2 Å². The second kappa shape index (κ2) is 7.64. The normalized spacial score (nSPS) is 14.4. The molecule has 0 aliphatic carbocycles. The van der Waals surface area contributed by atoms with Crippen LogP contribution >= 0.6 is 11.3 Å². The van der Waals surface area contributed by atoms with Gasteiger partial charge in [-0.05, 0) is 37.1 Å². The number of benzene rings is 1. The fourth-order valence-corrected chi connectivity index (χ4v) is 4.15. The van der Waals surface area contributed by atoms with E-state index in [-0.39, 0.29) is 11.8 Å². The number of hydrogen-bond acceptors (Lipinski definition) is 6. The van der Waals surface area contributed by atoms with Gasteiger partial charge in [-0.2, -0.15) is 9.61 Å². The van der Waals surface area contributed by atoms with E-state index in [4.69, 9.17) is 0 Å². The van der Waals surface area contributed by atoms with Crippen LogP contribution in [0, 0.1) is 0 Å². The molecule has 8 heteroatoms. The number of carbonyl (C=O) groups is 1. The molecular weight excluding hydrogens is 360 g/mol. The number of nitrogens with one attached hydrogen (secondary N) is 1. The first-order chi connectivity index (χ1) is 13.1. The van der Waals surface area contributed by atoms with Crippen LogP contribution < -0.4 is 10.2 Å². The largest absolute Gasteiger partial charge is 0.372 e. The second-order valence-corrected chi connectivity index (χ2v) is 8.23. The van der Waals surface area contributed by atoms with Crippen molar-refractivity contribution in [3.63, 3.8) is 0 Å². The van der Waals surface area contributed by atoms with Crippen molar-refractivity contribution in [1.82, 2.24) is 19.8 Å². The van der Waals surface area contributed by atoms with Crippen molar-refractivity contribution < 1.29 is 4.79 Å². The fraction of sp³-hybridized carbons (Fsp3) is 0.474. The molecule has 1 fully saturated rings. The molecule has 1 aromatic carbocycles. The lowest BCUT2D eigenvalue weighted by Gasteiger charge is -2.17. The average Bonchev–Trinajstić information content (AvgIpc) is 3.37. The van der Waals surface area contributed by atoms with E-state index in [1.807, 2.05) is 12.1 Å². The first kappa shape index (κ1) is 17.9. The first-order valence-corrected chi connectivity index (χ1v) is 10.3. The highest BCUT2D eigenvalue weighted by Gasteiger charge is 2.15. The smallest absolute Gasteiger partial charge is 0.234 e. The van der Waals surface area contributed by atoms with Crippen LogP contribution in [0.4, 0.5) is 11.4 Å². The van der Waals surface area contributed by atoms with Gasteiger partial charge in [-0.3, -0.25) is 4.79 Å². The van der Waals surface area contributed by atoms with Crippen molar-refractivity contribution >= 4 is 33.6 Å². The van der Waals surface area contributed by atoms with Gasteiger partial charge in [0, 0.05) is 43.2 Å². The van der Waals surface area contributed by atoms with Crippen LogP contribution in [0.15, 0.2) is 24.3 Å². The highest BCUT2D eigenvalue weighted by atomic mass is 32.1. The molecule has 0 spiro atoms.